The van der Waals surface area contributed by atoms with Gasteiger partial charge in [-0.1, -0.05) is 32.0 Å². The van der Waals surface area contributed by atoms with Crippen LogP contribution in [-0.4, -0.2) is 12.4 Å². The first-order valence-electron chi connectivity index (χ1n) is 7.18. The Labute approximate surface area is 132 Å². The standard InChI is InChI=1S/C18H16O3S/c1-11(2)14(19)10-21-15-8-5-7-13-17(20)12-6-3-4-9-16(12)22-18(13)15/h3-9,11H,10H2,1-2H3. The van der Waals surface area contributed by atoms with E-state index in [1.165, 1.54) is 11.3 Å². The molecule has 0 amide bonds. The van der Waals surface area contributed by atoms with Crippen molar-refractivity contribution in [1.29, 1.82) is 0 Å². The Bertz CT molecular complexity index is 909. The lowest BCUT2D eigenvalue weighted by molar-refractivity contribution is -0.123. The Balaban J connectivity index is 2.12. The molecule has 2 aromatic carbocycles. The summed E-state index contributed by atoms with van der Waals surface area (Å²) < 4.78 is 7.38. The van der Waals surface area contributed by atoms with Crippen molar-refractivity contribution in [2.45, 2.75) is 13.8 Å². The van der Waals surface area contributed by atoms with Crippen LogP contribution in [0, 0.1) is 5.92 Å². The quantitative estimate of drug-likeness (QED) is 0.683. The Morgan fingerprint density at radius 3 is 2.59 bits per heavy atom. The predicted molar refractivity (Wildman–Crippen MR) is 90.9 cm³/mol. The molecule has 0 spiro atoms. The van der Waals surface area contributed by atoms with Crippen molar-refractivity contribution < 1.29 is 9.53 Å². The molecular formula is C18H16O3S. The lowest BCUT2D eigenvalue weighted by atomic mass is 10.1. The van der Waals surface area contributed by atoms with Gasteiger partial charge in [-0.2, -0.15) is 0 Å². The smallest absolute Gasteiger partial charge is 0.196 e. The third kappa shape index (κ3) is 2.62. The molecule has 22 heavy (non-hydrogen) atoms. The minimum atomic E-state index is -0.0606. The fraction of sp³-hybridized carbons (Fsp3) is 0.222. The molecule has 0 aliphatic carbocycles. The van der Waals surface area contributed by atoms with E-state index in [0.717, 1.165) is 14.8 Å². The molecule has 112 valence electrons. The molecule has 0 fully saturated rings. The number of hydrogen-bond donors (Lipinski definition) is 0. The highest BCUT2D eigenvalue weighted by Gasteiger charge is 2.12. The second-order valence-corrected chi connectivity index (χ2v) is 6.52. The van der Waals surface area contributed by atoms with Gasteiger partial charge in [-0.3, -0.25) is 9.59 Å². The number of carbonyl (C=O) groups is 1. The van der Waals surface area contributed by atoms with E-state index in [2.05, 4.69) is 0 Å². The minimum absolute atomic E-state index is 0.00462. The van der Waals surface area contributed by atoms with Gasteiger partial charge in [0.15, 0.2) is 11.2 Å². The molecule has 1 heterocycles. The van der Waals surface area contributed by atoms with Gasteiger partial charge in [0.1, 0.15) is 12.4 Å². The summed E-state index contributed by atoms with van der Waals surface area (Å²) in [5.74, 6) is 0.582. The molecule has 0 radical (unpaired) electrons. The molecule has 0 atom stereocenters. The molecular weight excluding hydrogens is 296 g/mol. The molecule has 0 aliphatic rings. The van der Waals surface area contributed by atoms with Gasteiger partial charge in [-0.25, -0.2) is 0 Å². The Morgan fingerprint density at radius 1 is 1.09 bits per heavy atom. The molecule has 3 aromatic rings. The first-order chi connectivity index (χ1) is 10.6. The zero-order chi connectivity index (χ0) is 15.7. The number of hydrogen-bond acceptors (Lipinski definition) is 4. The maximum absolute atomic E-state index is 12.6. The van der Waals surface area contributed by atoms with Crippen LogP contribution in [0.15, 0.2) is 47.3 Å². The fourth-order valence-electron chi connectivity index (χ4n) is 2.23. The summed E-state index contributed by atoms with van der Waals surface area (Å²) >= 11 is 1.52. The van der Waals surface area contributed by atoms with Crippen LogP contribution in [0.4, 0.5) is 0 Å². The average Bonchev–Trinajstić information content (AvgIpc) is 2.53. The van der Waals surface area contributed by atoms with Gasteiger partial charge in [0.2, 0.25) is 0 Å². The van der Waals surface area contributed by atoms with Crippen LogP contribution in [0.2, 0.25) is 0 Å². The SMILES string of the molecule is CC(C)C(=O)COc1cccc2c(=O)c3ccccc3sc12. The van der Waals surface area contributed by atoms with Gasteiger partial charge in [-0.15, -0.1) is 11.3 Å². The molecule has 4 heteroatoms. The highest BCUT2D eigenvalue weighted by molar-refractivity contribution is 7.24. The van der Waals surface area contributed by atoms with E-state index in [9.17, 15) is 9.59 Å². The summed E-state index contributed by atoms with van der Waals surface area (Å²) in [5.41, 5.74) is 0.00462. The normalized spacial score (nSPS) is 11.2. The molecule has 0 saturated heterocycles. The average molecular weight is 312 g/mol. The highest BCUT2D eigenvalue weighted by atomic mass is 32.1. The summed E-state index contributed by atoms with van der Waals surface area (Å²) in [5, 5.41) is 1.36. The maximum Gasteiger partial charge on any atom is 0.196 e. The third-order valence-corrected chi connectivity index (χ3v) is 4.78. The van der Waals surface area contributed by atoms with Gasteiger partial charge in [0.05, 0.1) is 4.70 Å². The number of ketones is 1. The van der Waals surface area contributed by atoms with Gasteiger partial charge < -0.3 is 4.74 Å². The van der Waals surface area contributed by atoms with Crippen LogP contribution in [0.3, 0.4) is 0 Å². The van der Waals surface area contributed by atoms with Crippen LogP contribution in [0.1, 0.15) is 13.8 Å². The van der Waals surface area contributed by atoms with Crippen molar-refractivity contribution in [2.24, 2.45) is 5.92 Å². The highest BCUT2D eigenvalue weighted by Crippen LogP contribution is 2.31. The lowest BCUT2D eigenvalue weighted by Crippen LogP contribution is -2.17. The molecule has 0 N–H and O–H groups in total. The van der Waals surface area contributed by atoms with Crippen molar-refractivity contribution >= 4 is 37.3 Å². The van der Waals surface area contributed by atoms with E-state index in [-0.39, 0.29) is 23.7 Å². The lowest BCUT2D eigenvalue weighted by Gasteiger charge is -2.10. The fourth-order valence-corrected chi connectivity index (χ4v) is 3.36. The zero-order valence-electron chi connectivity index (χ0n) is 12.5. The molecule has 1 aromatic heterocycles. The van der Waals surface area contributed by atoms with Crippen molar-refractivity contribution in [3.8, 4) is 5.75 Å². The zero-order valence-corrected chi connectivity index (χ0v) is 13.3. The van der Waals surface area contributed by atoms with E-state index in [1.807, 2.05) is 38.1 Å². The van der Waals surface area contributed by atoms with E-state index in [0.29, 0.717) is 11.1 Å². The molecule has 0 aliphatic heterocycles. The summed E-state index contributed by atoms with van der Waals surface area (Å²) in [6.07, 6.45) is 0. The molecule has 0 saturated carbocycles. The number of rotatable bonds is 4. The largest absolute Gasteiger partial charge is 0.484 e. The first kappa shape index (κ1) is 14.7. The van der Waals surface area contributed by atoms with Gasteiger partial charge in [0.25, 0.3) is 0 Å². The van der Waals surface area contributed by atoms with Gasteiger partial charge in [0, 0.05) is 21.4 Å². The van der Waals surface area contributed by atoms with Crippen molar-refractivity contribution in [2.75, 3.05) is 6.61 Å². The van der Waals surface area contributed by atoms with Crippen LogP contribution in [0.25, 0.3) is 20.2 Å². The summed E-state index contributed by atoms with van der Waals surface area (Å²) in [6, 6.07) is 12.9. The predicted octanol–water partition coefficient (Wildman–Crippen LogP) is 4.02. The van der Waals surface area contributed by atoms with Gasteiger partial charge >= 0.3 is 0 Å². The number of ether oxygens (including phenoxy) is 1. The number of Topliss-reactive ketones (excluding diaryl/α,β-unsaturated/α-hetero) is 1. The van der Waals surface area contributed by atoms with Crippen LogP contribution in [0.5, 0.6) is 5.75 Å². The van der Waals surface area contributed by atoms with Gasteiger partial charge in [-0.05, 0) is 24.3 Å². The molecule has 3 nitrogen and oxygen atoms in total. The Hall–Kier alpha value is -2.20. The van der Waals surface area contributed by atoms with Crippen molar-refractivity contribution in [3.63, 3.8) is 0 Å². The first-order valence-corrected chi connectivity index (χ1v) is 7.99. The monoisotopic (exact) mass is 312 g/mol. The third-order valence-electron chi connectivity index (χ3n) is 3.58. The minimum Gasteiger partial charge on any atom is -0.484 e. The topological polar surface area (TPSA) is 43.4 Å². The summed E-state index contributed by atoms with van der Waals surface area (Å²) in [7, 11) is 0. The van der Waals surface area contributed by atoms with Crippen molar-refractivity contribution in [1.82, 2.24) is 0 Å². The molecule has 0 bridgehead atoms. The van der Waals surface area contributed by atoms with Crippen LogP contribution >= 0.6 is 11.3 Å². The molecule has 0 unspecified atom stereocenters. The van der Waals surface area contributed by atoms with E-state index in [4.69, 9.17) is 4.74 Å². The van der Waals surface area contributed by atoms with E-state index in [1.54, 1.807) is 18.2 Å². The van der Waals surface area contributed by atoms with Crippen LogP contribution in [-0.2, 0) is 4.79 Å². The number of benzene rings is 2. The Morgan fingerprint density at radius 2 is 1.82 bits per heavy atom. The number of fused-ring (bicyclic) bond motifs is 2. The Kier molecular flexibility index (Phi) is 3.94. The van der Waals surface area contributed by atoms with Crippen LogP contribution < -0.4 is 10.2 Å². The second-order valence-electron chi connectivity index (χ2n) is 5.47. The number of carbonyl (C=O) groups excluding carboxylic acids is 1. The maximum atomic E-state index is 12.6. The summed E-state index contributed by atoms with van der Waals surface area (Å²) in [4.78, 5) is 24.3. The van der Waals surface area contributed by atoms with Crippen molar-refractivity contribution in [3.05, 3.63) is 52.7 Å². The second kappa shape index (κ2) is 5.89. The van der Waals surface area contributed by atoms with E-state index < -0.39 is 0 Å². The molecule has 3 rings (SSSR count). The summed E-state index contributed by atoms with van der Waals surface area (Å²) in [6.45, 7) is 3.73. The van der Waals surface area contributed by atoms with E-state index >= 15 is 0 Å².